The van der Waals surface area contributed by atoms with E-state index in [-0.39, 0.29) is 5.41 Å². The van der Waals surface area contributed by atoms with E-state index in [2.05, 4.69) is 218 Å². The first-order valence-electron chi connectivity index (χ1n) is 21.1. The predicted molar refractivity (Wildman–Crippen MR) is 256 cm³/mol. The molecule has 0 bridgehead atoms. The molecule has 1 aliphatic rings. The first kappa shape index (κ1) is 33.5. The van der Waals surface area contributed by atoms with Crippen LogP contribution >= 0.6 is 0 Å². The van der Waals surface area contributed by atoms with Crippen molar-refractivity contribution in [1.82, 2.24) is 4.40 Å². The first-order valence-corrected chi connectivity index (χ1v) is 21.1. The van der Waals surface area contributed by atoms with Gasteiger partial charge >= 0.3 is 0 Å². The van der Waals surface area contributed by atoms with Crippen LogP contribution < -0.4 is 0 Å². The molecule has 12 aromatic rings. The fraction of sp³-hybridized carbons (Fsp3) is 0.0508. The van der Waals surface area contributed by atoms with Crippen LogP contribution in [-0.2, 0) is 5.41 Å². The van der Waals surface area contributed by atoms with E-state index in [0.717, 1.165) is 0 Å². The Hall–Kier alpha value is -7.48. The van der Waals surface area contributed by atoms with Crippen LogP contribution in [0.15, 0.2) is 194 Å². The van der Waals surface area contributed by atoms with E-state index >= 15 is 0 Å². The fourth-order valence-electron chi connectivity index (χ4n) is 11.2. The third-order valence-electron chi connectivity index (χ3n) is 13.7. The predicted octanol–water partition coefficient (Wildman–Crippen LogP) is 15.9. The molecule has 0 amide bonds. The average Bonchev–Trinajstić information content (AvgIpc) is 3.77. The van der Waals surface area contributed by atoms with Gasteiger partial charge in [-0.25, -0.2) is 0 Å². The molecule has 0 aliphatic heterocycles. The highest BCUT2D eigenvalue weighted by Crippen LogP contribution is 2.53. The van der Waals surface area contributed by atoms with Gasteiger partial charge in [0.15, 0.2) is 0 Å². The molecule has 0 atom stereocenters. The van der Waals surface area contributed by atoms with Crippen molar-refractivity contribution >= 4 is 82.1 Å². The van der Waals surface area contributed by atoms with E-state index in [9.17, 15) is 0 Å². The van der Waals surface area contributed by atoms with Crippen molar-refractivity contribution in [2.45, 2.75) is 19.3 Å². The number of rotatable bonds is 4. The summed E-state index contributed by atoms with van der Waals surface area (Å²) < 4.78 is 2.56. The molecule has 13 rings (SSSR count). The number of fused-ring (bicyclic) bond motifs is 12. The zero-order valence-corrected chi connectivity index (χ0v) is 33.5. The molecule has 0 radical (unpaired) electrons. The quantitative estimate of drug-likeness (QED) is 0.0956. The zero-order valence-electron chi connectivity index (χ0n) is 33.5. The fourth-order valence-corrected chi connectivity index (χ4v) is 11.2. The topological polar surface area (TPSA) is 4.41 Å². The third-order valence-corrected chi connectivity index (χ3v) is 13.7. The monoisotopic (exact) mass is 761 g/mol. The Bertz CT molecular complexity index is 3780. The maximum Gasteiger partial charge on any atom is 0.0626 e. The molecule has 0 unspecified atom stereocenters. The Morgan fingerprint density at radius 1 is 0.433 bits per heavy atom. The lowest BCUT2D eigenvalue weighted by molar-refractivity contribution is 0.666. The SMILES string of the molecule is CC1(C)c2cccc(/C=C(/c3ccccc3)c3ccc(-c4cccc5c6ccc7cccc8c9ccccc9n(c45)c6c78)c4ccccc34)c2-c2ccc3ccccc3c21. The average molecular weight is 762 g/mol. The minimum atomic E-state index is -0.130. The highest BCUT2D eigenvalue weighted by Gasteiger charge is 2.38. The van der Waals surface area contributed by atoms with E-state index in [0.29, 0.717) is 0 Å². The van der Waals surface area contributed by atoms with Gasteiger partial charge in [-0.1, -0.05) is 202 Å². The molecule has 280 valence electrons. The molecule has 0 spiro atoms. The molecule has 1 heteroatoms. The molecule has 0 fully saturated rings. The van der Waals surface area contributed by atoms with Gasteiger partial charge in [0.05, 0.1) is 16.6 Å². The second-order valence-electron chi connectivity index (χ2n) is 17.2. The molecule has 0 saturated heterocycles. The van der Waals surface area contributed by atoms with Crippen LogP contribution in [0.4, 0.5) is 0 Å². The Labute approximate surface area is 348 Å². The maximum atomic E-state index is 2.56. The maximum absolute atomic E-state index is 2.56. The van der Waals surface area contributed by atoms with E-state index in [1.54, 1.807) is 0 Å². The van der Waals surface area contributed by atoms with Gasteiger partial charge in [-0.05, 0) is 94.5 Å². The summed E-state index contributed by atoms with van der Waals surface area (Å²) in [6.45, 7) is 4.79. The number of hydrogen-bond acceptors (Lipinski definition) is 0. The van der Waals surface area contributed by atoms with Gasteiger partial charge in [0.2, 0.25) is 0 Å². The highest BCUT2D eigenvalue weighted by molar-refractivity contribution is 6.30. The van der Waals surface area contributed by atoms with Crippen LogP contribution in [0.5, 0.6) is 0 Å². The molecular formula is C59H39N. The van der Waals surface area contributed by atoms with Crippen molar-refractivity contribution in [3.8, 4) is 22.3 Å². The molecule has 60 heavy (non-hydrogen) atoms. The molecular weight excluding hydrogens is 723 g/mol. The summed E-state index contributed by atoms with van der Waals surface area (Å²) in [4.78, 5) is 0. The van der Waals surface area contributed by atoms with Crippen LogP contribution in [0.2, 0.25) is 0 Å². The first-order chi connectivity index (χ1) is 29.6. The van der Waals surface area contributed by atoms with Crippen LogP contribution in [0.1, 0.15) is 41.7 Å². The lowest BCUT2D eigenvalue weighted by Gasteiger charge is -2.23. The van der Waals surface area contributed by atoms with Crippen molar-refractivity contribution in [3.63, 3.8) is 0 Å². The summed E-state index contributed by atoms with van der Waals surface area (Å²) >= 11 is 0. The molecule has 1 aliphatic carbocycles. The van der Waals surface area contributed by atoms with Crippen LogP contribution in [0.3, 0.4) is 0 Å². The number of hydrogen-bond donors (Lipinski definition) is 0. The number of pyridine rings is 1. The lowest BCUT2D eigenvalue weighted by Crippen LogP contribution is -2.15. The zero-order chi connectivity index (χ0) is 39.7. The van der Waals surface area contributed by atoms with Crippen molar-refractivity contribution in [2.75, 3.05) is 0 Å². The summed E-state index contributed by atoms with van der Waals surface area (Å²) in [5.74, 6) is 0. The minimum absolute atomic E-state index is 0.130. The van der Waals surface area contributed by atoms with Gasteiger partial charge in [0, 0.05) is 32.5 Å². The summed E-state index contributed by atoms with van der Waals surface area (Å²) in [7, 11) is 0. The van der Waals surface area contributed by atoms with E-state index < -0.39 is 0 Å². The Kier molecular flexibility index (Phi) is 6.85. The van der Waals surface area contributed by atoms with Crippen molar-refractivity contribution in [2.24, 2.45) is 0 Å². The van der Waals surface area contributed by atoms with E-state index in [4.69, 9.17) is 0 Å². The van der Waals surface area contributed by atoms with Crippen molar-refractivity contribution < 1.29 is 0 Å². The van der Waals surface area contributed by atoms with Crippen LogP contribution in [-0.4, -0.2) is 4.40 Å². The second kappa shape index (κ2) is 12.3. The lowest BCUT2D eigenvalue weighted by atomic mass is 9.80. The third kappa shape index (κ3) is 4.47. The van der Waals surface area contributed by atoms with Gasteiger partial charge < -0.3 is 4.40 Å². The second-order valence-corrected chi connectivity index (χ2v) is 17.2. The van der Waals surface area contributed by atoms with Gasteiger partial charge in [-0.3, -0.25) is 0 Å². The standard InChI is InChI=1S/C59H39N/c1-59(2)52-27-13-19-39(54(52)50-32-29-37-17-6-7-20-40(37)56(50)59)35-51(36-15-4-3-5-16-36)44-34-33-43(41-21-8-9-22-42(41)44)47-25-14-26-48-49-31-30-38-18-12-24-46-45-23-10-11-28-53(45)60(57(47)48)58(49)55(38)46/h3-35H,1-2H3/b51-35-. The Morgan fingerprint density at radius 2 is 1.08 bits per heavy atom. The molecule has 2 aromatic heterocycles. The Morgan fingerprint density at radius 3 is 1.97 bits per heavy atom. The largest absolute Gasteiger partial charge is 0.307 e. The van der Waals surface area contributed by atoms with Gasteiger partial charge in [-0.15, -0.1) is 0 Å². The summed E-state index contributed by atoms with van der Waals surface area (Å²) in [5, 5.41) is 12.9. The molecule has 1 nitrogen and oxygen atoms in total. The number of benzene rings is 10. The van der Waals surface area contributed by atoms with Crippen LogP contribution in [0, 0.1) is 0 Å². The number of para-hydroxylation sites is 2. The van der Waals surface area contributed by atoms with E-state index in [1.165, 1.54) is 126 Å². The summed E-state index contributed by atoms with van der Waals surface area (Å²) in [6, 6.07) is 72.4. The van der Waals surface area contributed by atoms with Gasteiger partial charge in [-0.2, -0.15) is 0 Å². The number of aromatic nitrogens is 1. The molecule has 0 saturated carbocycles. The summed E-state index contributed by atoms with van der Waals surface area (Å²) in [6.07, 6.45) is 2.46. The van der Waals surface area contributed by atoms with Crippen molar-refractivity contribution in [1.29, 1.82) is 0 Å². The minimum Gasteiger partial charge on any atom is -0.307 e. The van der Waals surface area contributed by atoms with Crippen molar-refractivity contribution in [3.05, 3.63) is 222 Å². The summed E-state index contributed by atoms with van der Waals surface area (Å²) in [5.41, 5.74) is 16.5. The molecule has 2 heterocycles. The smallest absolute Gasteiger partial charge is 0.0626 e. The highest BCUT2D eigenvalue weighted by atomic mass is 14.9. The molecule has 10 aromatic carbocycles. The van der Waals surface area contributed by atoms with Gasteiger partial charge in [0.1, 0.15) is 0 Å². The molecule has 0 N–H and O–H groups in total. The Balaban J connectivity index is 1.08. The van der Waals surface area contributed by atoms with Gasteiger partial charge in [0.25, 0.3) is 0 Å². The number of nitrogens with zero attached hydrogens (tertiary/aromatic N) is 1. The van der Waals surface area contributed by atoms with E-state index in [1.807, 2.05) is 0 Å². The van der Waals surface area contributed by atoms with Crippen LogP contribution in [0.25, 0.3) is 104 Å². The normalized spacial score (nSPS) is 13.7.